The minimum atomic E-state index is -5.08. The predicted molar refractivity (Wildman–Crippen MR) is 161 cm³/mol. The molecule has 2 saturated heterocycles. The summed E-state index contributed by atoms with van der Waals surface area (Å²) < 4.78 is 49.7. The molecule has 2 aromatic heterocycles. The highest BCUT2D eigenvalue weighted by Crippen LogP contribution is 2.50. The summed E-state index contributed by atoms with van der Waals surface area (Å²) in [5.74, 6) is 0.422. The Hall–Kier alpha value is -3.51. The van der Waals surface area contributed by atoms with Gasteiger partial charge in [0.05, 0.1) is 19.2 Å². The third-order valence-electron chi connectivity index (χ3n) is 9.00. The fourth-order valence-corrected chi connectivity index (χ4v) is 6.43. The zero-order valence-corrected chi connectivity index (χ0v) is 25.3. The number of aliphatic carboxylic acids is 1. The van der Waals surface area contributed by atoms with Gasteiger partial charge in [0.1, 0.15) is 11.5 Å². The lowest BCUT2D eigenvalue weighted by molar-refractivity contribution is -0.192. The number of furan rings is 1. The van der Waals surface area contributed by atoms with Gasteiger partial charge in [-0.1, -0.05) is 0 Å². The number of rotatable bonds is 9. The molecule has 240 valence electrons. The van der Waals surface area contributed by atoms with Gasteiger partial charge in [-0.05, 0) is 108 Å². The summed E-state index contributed by atoms with van der Waals surface area (Å²) in [5, 5.41) is 15.7. The van der Waals surface area contributed by atoms with Crippen LogP contribution in [0.4, 0.5) is 18.9 Å². The van der Waals surface area contributed by atoms with Crippen molar-refractivity contribution in [3.8, 4) is 23.0 Å². The van der Waals surface area contributed by atoms with E-state index in [-0.39, 0.29) is 0 Å². The number of methoxy groups -OCH3 is 1. The number of fused-ring (bicyclic) bond motifs is 1. The molecule has 0 amide bonds. The monoisotopic (exact) mass is 618 g/mol. The van der Waals surface area contributed by atoms with E-state index in [0.29, 0.717) is 18.1 Å². The van der Waals surface area contributed by atoms with Crippen LogP contribution in [-0.2, 0) is 4.79 Å². The SMILES string of the molecule is COc1cc2c(NC3CCC34CCNCC4)cc(-c3ccc(C)o3)nc2cc1OCCCN1CCCC1.O=C(O)C(F)(F)F. The van der Waals surface area contributed by atoms with E-state index >= 15 is 0 Å². The summed E-state index contributed by atoms with van der Waals surface area (Å²) in [6.45, 7) is 8.37. The number of benzene rings is 1. The van der Waals surface area contributed by atoms with Crippen LogP contribution in [-0.4, -0.2) is 79.6 Å². The van der Waals surface area contributed by atoms with Crippen LogP contribution in [0, 0.1) is 12.3 Å². The number of carboxylic acids is 1. The Morgan fingerprint density at radius 1 is 1.16 bits per heavy atom. The maximum absolute atomic E-state index is 10.6. The molecule has 3 aliphatic rings. The predicted octanol–water partition coefficient (Wildman–Crippen LogP) is 6.25. The van der Waals surface area contributed by atoms with Crippen molar-refractivity contribution in [2.75, 3.05) is 51.8 Å². The molecule has 2 aliphatic heterocycles. The second-order valence-corrected chi connectivity index (χ2v) is 11.9. The molecule has 9 nitrogen and oxygen atoms in total. The normalized spacial score (nSPS) is 19.7. The number of likely N-dealkylation sites (tertiary alicyclic amines) is 1. The fourth-order valence-electron chi connectivity index (χ4n) is 6.43. The van der Waals surface area contributed by atoms with E-state index in [0.717, 1.165) is 71.4 Å². The Morgan fingerprint density at radius 2 is 1.89 bits per heavy atom. The van der Waals surface area contributed by atoms with Gasteiger partial charge in [-0.25, -0.2) is 9.78 Å². The first-order valence-electron chi connectivity index (χ1n) is 15.3. The number of hydrogen-bond donors (Lipinski definition) is 3. The molecular weight excluding hydrogens is 577 g/mol. The van der Waals surface area contributed by atoms with Gasteiger partial charge in [-0.3, -0.25) is 0 Å². The first-order valence-corrected chi connectivity index (χ1v) is 15.3. The minimum Gasteiger partial charge on any atom is -0.493 e. The van der Waals surface area contributed by atoms with E-state index in [1.54, 1.807) is 7.11 Å². The first kappa shape index (κ1) is 31.9. The summed E-state index contributed by atoms with van der Waals surface area (Å²) in [5.41, 5.74) is 3.22. The summed E-state index contributed by atoms with van der Waals surface area (Å²) in [6.07, 6.45) is 3.53. The lowest BCUT2D eigenvalue weighted by Crippen LogP contribution is -2.54. The zero-order valence-electron chi connectivity index (χ0n) is 25.3. The molecule has 1 spiro atoms. The van der Waals surface area contributed by atoms with Crippen molar-refractivity contribution in [1.82, 2.24) is 15.2 Å². The Kier molecular flexibility index (Phi) is 9.89. The molecule has 1 aromatic carbocycles. The molecule has 3 N–H and O–H groups in total. The number of pyridine rings is 1. The fraction of sp³-hybridized carbons (Fsp3) is 0.562. The van der Waals surface area contributed by atoms with E-state index in [2.05, 4.69) is 27.7 Å². The van der Waals surface area contributed by atoms with Gasteiger partial charge in [-0.2, -0.15) is 13.2 Å². The lowest BCUT2D eigenvalue weighted by atomic mass is 9.59. The quantitative estimate of drug-likeness (QED) is 0.240. The van der Waals surface area contributed by atoms with Gasteiger partial charge in [0.2, 0.25) is 0 Å². The summed E-state index contributed by atoms with van der Waals surface area (Å²) in [7, 11) is 1.72. The van der Waals surface area contributed by atoms with Crippen LogP contribution in [0.1, 0.15) is 50.7 Å². The number of hydrogen-bond acceptors (Lipinski definition) is 8. The molecule has 1 saturated carbocycles. The molecule has 4 heterocycles. The lowest BCUT2D eigenvalue weighted by Gasteiger charge is -2.53. The molecule has 1 aliphatic carbocycles. The Morgan fingerprint density at radius 3 is 2.48 bits per heavy atom. The Labute approximate surface area is 255 Å². The summed E-state index contributed by atoms with van der Waals surface area (Å²) in [6, 6.07) is 10.7. The first-order chi connectivity index (χ1) is 21.1. The molecule has 0 bridgehead atoms. The van der Waals surface area contributed by atoms with E-state index in [1.165, 1.54) is 51.6 Å². The van der Waals surface area contributed by atoms with Gasteiger partial charge in [0, 0.05) is 29.7 Å². The number of piperidine rings is 1. The molecule has 1 unspecified atom stereocenters. The second kappa shape index (κ2) is 13.6. The number of halogens is 3. The molecule has 3 fully saturated rings. The van der Waals surface area contributed by atoms with Crippen LogP contribution in [0.15, 0.2) is 34.7 Å². The molecular formula is C32H41F3N4O5. The largest absolute Gasteiger partial charge is 0.493 e. The number of nitrogens with one attached hydrogen (secondary N) is 2. The van der Waals surface area contributed by atoms with Gasteiger partial charge >= 0.3 is 12.1 Å². The van der Waals surface area contributed by atoms with Crippen LogP contribution >= 0.6 is 0 Å². The van der Waals surface area contributed by atoms with Crippen molar-refractivity contribution in [3.05, 3.63) is 36.1 Å². The molecule has 12 heteroatoms. The second-order valence-electron chi connectivity index (χ2n) is 11.9. The average Bonchev–Trinajstić information content (AvgIpc) is 3.69. The third kappa shape index (κ3) is 7.40. The number of alkyl halides is 3. The van der Waals surface area contributed by atoms with Crippen molar-refractivity contribution in [1.29, 1.82) is 0 Å². The zero-order chi connectivity index (χ0) is 31.3. The van der Waals surface area contributed by atoms with Crippen molar-refractivity contribution in [2.24, 2.45) is 5.41 Å². The number of ether oxygens (including phenoxy) is 2. The van der Waals surface area contributed by atoms with Gasteiger partial charge in [-0.15, -0.1) is 0 Å². The highest BCUT2D eigenvalue weighted by molar-refractivity contribution is 5.96. The van der Waals surface area contributed by atoms with E-state index in [4.69, 9.17) is 28.8 Å². The van der Waals surface area contributed by atoms with Crippen LogP contribution in [0.3, 0.4) is 0 Å². The summed E-state index contributed by atoms with van der Waals surface area (Å²) >= 11 is 0. The van der Waals surface area contributed by atoms with Crippen molar-refractivity contribution in [2.45, 2.75) is 64.1 Å². The number of carbonyl (C=O) groups is 1. The number of carboxylic acid groups (broad SMARTS) is 1. The standard InChI is InChI=1S/C30H40N4O3.C2HF3O2/c1-21-6-7-26(37-21)25-19-23(33-29-8-9-30(29)10-12-31-13-11-30)22-18-27(35-2)28(20-24(22)32-25)36-17-5-16-34-14-3-4-15-34;3-2(4,5)1(6)7/h6-7,18-20,29,31H,3-5,8-17H2,1-2H3,(H,32,33);(H,6,7). The number of aromatic nitrogens is 1. The molecule has 1 atom stereocenters. The van der Waals surface area contributed by atoms with E-state index in [9.17, 15) is 13.2 Å². The Balaban J connectivity index is 0.000000493. The highest BCUT2D eigenvalue weighted by atomic mass is 19.4. The maximum atomic E-state index is 10.6. The van der Waals surface area contributed by atoms with E-state index in [1.807, 2.05) is 25.1 Å². The topological polar surface area (TPSA) is 109 Å². The summed E-state index contributed by atoms with van der Waals surface area (Å²) in [4.78, 5) is 16.4. The van der Waals surface area contributed by atoms with Crippen molar-refractivity contribution in [3.63, 3.8) is 0 Å². The smallest absolute Gasteiger partial charge is 0.490 e. The maximum Gasteiger partial charge on any atom is 0.490 e. The average molecular weight is 619 g/mol. The van der Waals surface area contributed by atoms with Crippen LogP contribution < -0.4 is 20.1 Å². The van der Waals surface area contributed by atoms with Crippen molar-refractivity contribution >= 4 is 22.6 Å². The van der Waals surface area contributed by atoms with Gasteiger partial charge in [0.25, 0.3) is 0 Å². The molecule has 3 aromatic rings. The minimum absolute atomic E-state index is 0.394. The van der Waals surface area contributed by atoms with Crippen LogP contribution in [0.25, 0.3) is 22.4 Å². The van der Waals surface area contributed by atoms with Gasteiger partial charge < -0.3 is 34.5 Å². The van der Waals surface area contributed by atoms with E-state index < -0.39 is 12.1 Å². The Bertz CT molecular complexity index is 1430. The van der Waals surface area contributed by atoms with Crippen molar-refractivity contribution < 1.29 is 37.0 Å². The highest BCUT2D eigenvalue weighted by Gasteiger charge is 2.47. The number of aryl methyl sites for hydroxylation is 1. The van der Waals surface area contributed by atoms with Crippen LogP contribution in [0.5, 0.6) is 11.5 Å². The van der Waals surface area contributed by atoms with Crippen LogP contribution in [0.2, 0.25) is 0 Å². The van der Waals surface area contributed by atoms with Gasteiger partial charge in [0.15, 0.2) is 17.3 Å². The number of anilines is 1. The number of nitrogens with zero attached hydrogens (tertiary/aromatic N) is 2. The molecule has 44 heavy (non-hydrogen) atoms. The molecule has 6 rings (SSSR count). The molecule has 0 radical (unpaired) electrons. The third-order valence-corrected chi connectivity index (χ3v) is 9.00.